The highest BCUT2D eigenvalue weighted by Gasteiger charge is 2.31. The molecule has 146 valence electrons. The molecule has 1 unspecified atom stereocenters. The van der Waals surface area contributed by atoms with E-state index in [1.807, 2.05) is 12.1 Å². The van der Waals surface area contributed by atoms with Crippen LogP contribution in [0, 0.1) is 0 Å². The fraction of sp³-hybridized carbons (Fsp3) is 0.476. The summed E-state index contributed by atoms with van der Waals surface area (Å²) in [5, 5.41) is 0. The maximum Gasteiger partial charge on any atom is 0.211 e. The van der Waals surface area contributed by atoms with Crippen LogP contribution in [0.15, 0.2) is 48.8 Å². The summed E-state index contributed by atoms with van der Waals surface area (Å²) in [5.41, 5.74) is 3.55. The van der Waals surface area contributed by atoms with Gasteiger partial charge in [-0.15, -0.1) is 0 Å². The van der Waals surface area contributed by atoms with Gasteiger partial charge in [0.15, 0.2) is 0 Å². The van der Waals surface area contributed by atoms with Crippen LogP contribution in [0.5, 0.6) is 0 Å². The lowest BCUT2D eigenvalue weighted by atomic mass is 10.0. The number of aromatic nitrogens is 1. The summed E-state index contributed by atoms with van der Waals surface area (Å²) >= 11 is 0. The van der Waals surface area contributed by atoms with Gasteiger partial charge >= 0.3 is 0 Å². The van der Waals surface area contributed by atoms with Crippen LogP contribution >= 0.6 is 0 Å². The summed E-state index contributed by atoms with van der Waals surface area (Å²) in [5.74, 6) is 0. The Hall–Kier alpha value is -1.76. The van der Waals surface area contributed by atoms with Gasteiger partial charge < -0.3 is 0 Å². The average molecular weight is 388 g/mol. The number of hydrogen-bond acceptors (Lipinski definition) is 4. The van der Waals surface area contributed by atoms with E-state index in [1.165, 1.54) is 17.4 Å². The maximum atomic E-state index is 12.5. The van der Waals surface area contributed by atoms with Crippen molar-refractivity contribution >= 4 is 10.0 Å². The lowest BCUT2D eigenvalue weighted by Crippen LogP contribution is -2.49. The van der Waals surface area contributed by atoms with E-state index in [2.05, 4.69) is 41.1 Å². The molecule has 0 spiro atoms. The maximum absolute atomic E-state index is 12.5. The van der Waals surface area contributed by atoms with Crippen LogP contribution in [0.1, 0.15) is 36.5 Å². The van der Waals surface area contributed by atoms with Gasteiger partial charge in [0.25, 0.3) is 0 Å². The van der Waals surface area contributed by atoms with Crippen LogP contribution in [0.3, 0.4) is 0 Å². The molecule has 3 rings (SSSR count). The number of rotatable bonds is 7. The third kappa shape index (κ3) is 5.61. The Balaban J connectivity index is 1.69. The van der Waals surface area contributed by atoms with Crippen molar-refractivity contribution in [2.24, 2.45) is 0 Å². The van der Waals surface area contributed by atoms with E-state index in [4.69, 9.17) is 0 Å². The molecule has 0 aliphatic carbocycles. The molecule has 27 heavy (non-hydrogen) atoms. The van der Waals surface area contributed by atoms with Crippen molar-refractivity contribution in [3.8, 4) is 0 Å². The van der Waals surface area contributed by atoms with E-state index in [1.54, 1.807) is 16.7 Å². The molecule has 2 aromatic rings. The quantitative estimate of drug-likeness (QED) is 0.733. The monoisotopic (exact) mass is 387 g/mol. The van der Waals surface area contributed by atoms with Gasteiger partial charge in [-0.25, -0.2) is 8.42 Å². The van der Waals surface area contributed by atoms with Crippen molar-refractivity contribution < 1.29 is 8.42 Å². The van der Waals surface area contributed by atoms with Gasteiger partial charge in [0, 0.05) is 38.1 Å². The fourth-order valence-corrected chi connectivity index (χ4v) is 4.83. The Morgan fingerprint density at radius 2 is 1.89 bits per heavy atom. The fourth-order valence-electron chi connectivity index (χ4n) is 3.74. The first-order chi connectivity index (χ1) is 13.0. The van der Waals surface area contributed by atoms with E-state index in [0.717, 1.165) is 44.5 Å². The SMILES string of the molecule is CCc1ccc(CN2CCCC(N(Cc3cccnc3)S(C)(=O)=O)C2)cc1. The highest BCUT2D eigenvalue weighted by atomic mass is 32.2. The normalized spacial score (nSPS) is 18.7. The van der Waals surface area contributed by atoms with E-state index in [-0.39, 0.29) is 6.04 Å². The molecule has 1 atom stereocenters. The zero-order valence-electron chi connectivity index (χ0n) is 16.2. The molecule has 1 aliphatic rings. The van der Waals surface area contributed by atoms with Gasteiger partial charge in [0.2, 0.25) is 10.0 Å². The van der Waals surface area contributed by atoms with Crippen LogP contribution in [-0.2, 0) is 29.5 Å². The van der Waals surface area contributed by atoms with Gasteiger partial charge in [0.05, 0.1) is 6.26 Å². The van der Waals surface area contributed by atoms with Gasteiger partial charge in [-0.1, -0.05) is 37.3 Å². The number of pyridine rings is 1. The molecule has 1 saturated heterocycles. The largest absolute Gasteiger partial charge is 0.297 e. The average Bonchev–Trinajstić information content (AvgIpc) is 2.67. The second-order valence-electron chi connectivity index (χ2n) is 7.37. The molecule has 0 bridgehead atoms. The number of hydrogen-bond donors (Lipinski definition) is 0. The third-order valence-corrected chi connectivity index (χ3v) is 6.49. The number of nitrogens with zero attached hydrogens (tertiary/aromatic N) is 3. The molecule has 1 aliphatic heterocycles. The van der Waals surface area contributed by atoms with Crippen molar-refractivity contribution in [3.05, 3.63) is 65.5 Å². The molecule has 0 radical (unpaired) electrons. The highest BCUT2D eigenvalue weighted by Crippen LogP contribution is 2.22. The molecule has 1 aromatic carbocycles. The van der Waals surface area contributed by atoms with Crippen molar-refractivity contribution in [1.82, 2.24) is 14.2 Å². The summed E-state index contributed by atoms with van der Waals surface area (Å²) in [7, 11) is -3.29. The van der Waals surface area contributed by atoms with E-state index >= 15 is 0 Å². The summed E-state index contributed by atoms with van der Waals surface area (Å²) < 4.78 is 26.6. The lowest BCUT2D eigenvalue weighted by Gasteiger charge is -2.38. The standard InChI is InChI=1S/C21H29N3O2S/c1-3-18-8-10-19(11-9-18)15-23-13-5-7-21(17-23)24(27(2,25)26)16-20-6-4-12-22-14-20/h4,6,8-12,14,21H,3,5,7,13,15-17H2,1-2H3. The Kier molecular flexibility index (Phi) is 6.63. The predicted molar refractivity (Wildman–Crippen MR) is 109 cm³/mol. The van der Waals surface area contributed by atoms with Crippen LogP contribution < -0.4 is 0 Å². The minimum Gasteiger partial charge on any atom is -0.297 e. The second kappa shape index (κ2) is 8.95. The van der Waals surface area contributed by atoms with Crippen LogP contribution in [0.25, 0.3) is 0 Å². The lowest BCUT2D eigenvalue weighted by molar-refractivity contribution is 0.139. The summed E-state index contributed by atoms with van der Waals surface area (Å²) in [6.45, 7) is 5.19. The Morgan fingerprint density at radius 1 is 1.15 bits per heavy atom. The Morgan fingerprint density at radius 3 is 2.52 bits per heavy atom. The zero-order valence-corrected chi connectivity index (χ0v) is 17.0. The number of benzene rings is 1. The molecule has 5 nitrogen and oxygen atoms in total. The molecule has 2 heterocycles. The zero-order chi connectivity index (χ0) is 19.3. The number of sulfonamides is 1. The van der Waals surface area contributed by atoms with Crippen LogP contribution in [-0.4, -0.2) is 48.0 Å². The van der Waals surface area contributed by atoms with E-state index in [9.17, 15) is 8.42 Å². The molecule has 0 amide bonds. The topological polar surface area (TPSA) is 53.5 Å². The first-order valence-electron chi connectivity index (χ1n) is 9.61. The first-order valence-corrected chi connectivity index (χ1v) is 11.5. The molecule has 6 heteroatoms. The first kappa shape index (κ1) is 20.0. The number of likely N-dealkylation sites (tertiary alicyclic amines) is 1. The molecule has 0 N–H and O–H groups in total. The molecular formula is C21H29N3O2S. The van der Waals surface area contributed by atoms with Crippen molar-refractivity contribution in [2.45, 2.75) is 45.3 Å². The van der Waals surface area contributed by atoms with Crippen LogP contribution in [0.2, 0.25) is 0 Å². The van der Waals surface area contributed by atoms with E-state index in [0.29, 0.717) is 6.54 Å². The minimum absolute atomic E-state index is 0.00358. The van der Waals surface area contributed by atoms with Gasteiger partial charge in [-0.2, -0.15) is 4.31 Å². The summed E-state index contributed by atoms with van der Waals surface area (Å²) in [6.07, 6.45) is 7.72. The molecule has 0 saturated carbocycles. The van der Waals surface area contributed by atoms with Gasteiger partial charge in [-0.3, -0.25) is 9.88 Å². The second-order valence-corrected chi connectivity index (χ2v) is 9.31. The molecule has 1 fully saturated rings. The summed E-state index contributed by atoms with van der Waals surface area (Å²) in [6, 6.07) is 12.5. The van der Waals surface area contributed by atoms with Crippen molar-refractivity contribution in [1.29, 1.82) is 0 Å². The highest BCUT2D eigenvalue weighted by molar-refractivity contribution is 7.88. The number of piperidine rings is 1. The third-order valence-electron chi connectivity index (χ3n) is 5.21. The van der Waals surface area contributed by atoms with Crippen molar-refractivity contribution in [2.75, 3.05) is 19.3 Å². The van der Waals surface area contributed by atoms with Gasteiger partial charge in [-0.05, 0) is 48.6 Å². The predicted octanol–water partition coefficient (Wildman–Crippen LogP) is 3.07. The minimum atomic E-state index is -3.29. The van der Waals surface area contributed by atoms with Gasteiger partial charge in [0.1, 0.15) is 0 Å². The molecular weight excluding hydrogens is 358 g/mol. The Labute approximate surface area is 163 Å². The van der Waals surface area contributed by atoms with Crippen molar-refractivity contribution in [3.63, 3.8) is 0 Å². The Bertz CT molecular complexity index is 822. The van der Waals surface area contributed by atoms with Crippen LogP contribution in [0.4, 0.5) is 0 Å². The molecule has 1 aromatic heterocycles. The number of aryl methyl sites for hydroxylation is 1. The summed E-state index contributed by atoms with van der Waals surface area (Å²) in [4.78, 5) is 6.49. The van der Waals surface area contributed by atoms with E-state index < -0.39 is 10.0 Å². The smallest absolute Gasteiger partial charge is 0.211 e.